The molecule has 0 spiro atoms. The lowest BCUT2D eigenvalue weighted by Gasteiger charge is -2.01. The Balaban J connectivity index is 1.91. The van der Waals surface area contributed by atoms with Crippen LogP contribution in [-0.4, -0.2) is 16.8 Å². The molecule has 0 aliphatic carbocycles. The van der Waals surface area contributed by atoms with Gasteiger partial charge in [0.05, 0.1) is 6.26 Å². The number of furan rings is 1. The molecule has 0 radical (unpaired) electrons. The number of nitrogens with zero attached hydrogens (tertiary/aromatic N) is 1. The first-order valence-electron chi connectivity index (χ1n) is 6.82. The molecule has 0 saturated carbocycles. The van der Waals surface area contributed by atoms with E-state index in [-0.39, 0.29) is 11.7 Å². The molecule has 2 heterocycles. The van der Waals surface area contributed by atoms with Crippen LogP contribution in [-0.2, 0) is 4.79 Å². The minimum Gasteiger partial charge on any atom is -0.459 e. The molecule has 0 saturated heterocycles. The van der Waals surface area contributed by atoms with Gasteiger partial charge in [-0.15, -0.1) is 0 Å². The topological polar surface area (TPSA) is 84.2 Å². The Morgan fingerprint density at radius 1 is 1.09 bits per heavy atom. The second-order valence-electron chi connectivity index (χ2n) is 4.68. The second-order valence-corrected chi connectivity index (χ2v) is 5.67. The maximum absolute atomic E-state index is 12.0. The van der Waals surface area contributed by atoms with Crippen molar-refractivity contribution in [3.63, 3.8) is 0 Å². The van der Waals surface area contributed by atoms with Crippen LogP contribution in [0, 0.1) is 0 Å². The van der Waals surface area contributed by atoms with Crippen molar-refractivity contribution >= 4 is 33.3 Å². The number of rotatable bonds is 4. The predicted octanol–water partition coefficient (Wildman–Crippen LogP) is 3.61. The molecule has 0 bridgehead atoms. The van der Waals surface area contributed by atoms with E-state index in [2.05, 4.69) is 15.6 Å². The number of aromatic nitrogens is 1. The van der Waals surface area contributed by atoms with E-state index in [0.717, 1.165) is 5.56 Å². The summed E-state index contributed by atoms with van der Waals surface area (Å²) in [6.07, 6.45) is 1.43. The van der Waals surface area contributed by atoms with Crippen molar-refractivity contribution in [2.75, 3.05) is 10.6 Å². The lowest BCUT2D eigenvalue weighted by atomic mass is 10.2. The Labute approximate surface area is 136 Å². The normalized spacial score (nSPS) is 10.3. The van der Waals surface area contributed by atoms with Crippen molar-refractivity contribution < 1.29 is 14.0 Å². The monoisotopic (exact) mass is 327 g/mol. The number of anilines is 2. The molecule has 116 valence electrons. The number of nitrogens with one attached hydrogen (secondary N) is 2. The van der Waals surface area contributed by atoms with Crippen LogP contribution in [0.1, 0.15) is 17.5 Å². The summed E-state index contributed by atoms with van der Waals surface area (Å²) < 4.78 is 5.05. The van der Waals surface area contributed by atoms with Crippen LogP contribution >= 0.6 is 11.3 Å². The van der Waals surface area contributed by atoms with E-state index in [0.29, 0.717) is 15.8 Å². The first-order valence-corrected chi connectivity index (χ1v) is 7.64. The number of carbonyl (C=O) groups is 2. The quantitative estimate of drug-likeness (QED) is 0.766. The summed E-state index contributed by atoms with van der Waals surface area (Å²) in [5.74, 6) is -0.394. The lowest BCUT2D eigenvalue weighted by Crippen LogP contribution is -2.10. The van der Waals surface area contributed by atoms with Gasteiger partial charge in [-0.2, -0.15) is 0 Å². The summed E-state index contributed by atoms with van der Waals surface area (Å²) in [5, 5.41) is 6.38. The van der Waals surface area contributed by atoms with Gasteiger partial charge in [0.2, 0.25) is 5.91 Å². The molecular formula is C16H13N3O3S. The van der Waals surface area contributed by atoms with Gasteiger partial charge in [0.1, 0.15) is 10.7 Å². The van der Waals surface area contributed by atoms with Gasteiger partial charge in [-0.25, -0.2) is 4.98 Å². The van der Waals surface area contributed by atoms with Gasteiger partial charge in [-0.1, -0.05) is 41.7 Å². The summed E-state index contributed by atoms with van der Waals surface area (Å²) in [6.45, 7) is 1.43. The van der Waals surface area contributed by atoms with Crippen molar-refractivity contribution in [2.45, 2.75) is 6.92 Å². The van der Waals surface area contributed by atoms with Crippen molar-refractivity contribution in [1.82, 2.24) is 4.98 Å². The van der Waals surface area contributed by atoms with Crippen molar-refractivity contribution in [3.8, 4) is 11.3 Å². The predicted molar refractivity (Wildman–Crippen MR) is 88.5 cm³/mol. The zero-order valence-corrected chi connectivity index (χ0v) is 13.0. The fourth-order valence-electron chi connectivity index (χ4n) is 1.98. The van der Waals surface area contributed by atoms with Crippen LogP contribution < -0.4 is 10.6 Å². The number of hydrogen-bond acceptors (Lipinski definition) is 5. The maximum atomic E-state index is 12.0. The highest BCUT2D eigenvalue weighted by Gasteiger charge is 2.17. The van der Waals surface area contributed by atoms with Gasteiger partial charge in [0, 0.05) is 12.5 Å². The molecule has 0 atom stereocenters. The van der Waals surface area contributed by atoms with E-state index in [1.165, 1.54) is 24.5 Å². The zero-order valence-electron chi connectivity index (χ0n) is 12.2. The number of thiazole rings is 1. The molecule has 7 heteroatoms. The Bertz CT molecular complexity index is 826. The van der Waals surface area contributed by atoms with Crippen LogP contribution in [0.15, 0.2) is 53.1 Å². The highest BCUT2D eigenvalue weighted by molar-refractivity contribution is 7.20. The summed E-state index contributed by atoms with van der Waals surface area (Å²) in [6, 6.07) is 12.6. The third-order valence-corrected chi connectivity index (χ3v) is 3.82. The largest absolute Gasteiger partial charge is 0.459 e. The van der Waals surface area contributed by atoms with E-state index < -0.39 is 5.91 Å². The molecule has 0 unspecified atom stereocenters. The van der Waals surface area contributed by atoms with Crippen LogP contribution in [0.3, 0.4) is 0 Å². The number of amides is 2. The zero-order chi connectivity index (χ0) is 16.2. The standard InChI is InChI=1S/C16H13N3O3S/c1-10(20)17-15-13(11-6-3-2-4-7-11)18-16(23-15)19-14(21)12-8-5-9-22-12/h2-9H,1H3,(H,17,20)(H,18,19,21). The maximum Gasteiger partial charge on any atom is 0.293 e. The molecule has 2 aromatic heterocycles. The Kier molecular flexibility index (Phi) is 4.20. The molecular weight excluding hydrogens is 314 g/mol. The lowest BCUT2D eigenvalue weighted by molar-refractivity contribution is -0.114. The minimum atomic E-state index is -0.391. The first-order chi connectivity index (χ1) is 11.1. The average Bonchev–Trinajstić information content (AvgIpc) is 3.17. The molecule has 2 N–H and O–H groups in total. The highest BCUT2D eigenvalue weighted by Crippen LogP contribution is 2.35. The Hall–Kier alpha value is -2.93. The van der Waals surface area contributed by atoms with Crippen LogP contribution in [0.25, 0.3) is 11.3 Å². The molecule has 3 rings (SSSR count). The summed E-state index contributed by atoms with van der Waals surface area (Å²) in [4.78, 5) is 27.8. The molecule has 0 aliphatic rings. The van der Waals surface area contributed by atoms with Crippen molar-refractivity contribution in [1.29, 1.82) is 0 Å². The molecule has 3 aromatic rings. The molecule has 2 amide bonds. The van der Waals surface area contributed by atoms with Crippen molar-refractivity contribution in [3.05, 3.63) is 54.5 Å². The summed E-state index contributed by atoms with van der Waals surface area (Å²) in [7, 11) is 0. The van der Waals surface area contributed by atoms with E-state index >= 15 is 0 Å². The fourth-order valence-corrected chi connectivity index (χ4v) is 2.91. The Morgan fingerprint density at radius 3 is 2.52 bits per heavy atom. The highest BCUT2D eigenvalue weighted by atomic mass is 32.1. The first kappa shape index (κ1) is 15.0. The number of carbonyl (C=O) groups excluding carboxylic acids is 2. The molecule has 0 fully saturated rings. The van der Waals surface area contributed by atoms with E-state index in [9.17, 15) is 9.59 Å². The molecule has 0 aliphatic heterocycles. The van der Waals surface area contributed by atoms with Crippen molar-refractivity contribution in [2.24, 2.45) is 0 Å². The average molecular weight is 327 g/mol. The smallest absolute Gasteiger partial charge is 0.293 e. The van der Waals surface area contributed by atoms with Gasteiger partial charge < -0.3 is 9.73 Å². The third kappa shape index (κ3) is 3.46. The van der Waals surface area contributed by atoms with Gasteiger partial charge in [0.15, 0.2) is 10.9 Å². The van der Waals surface area contributed by atoms with Gasteiger partial charge in [-0.05, 0) is 12.1 Å². The van der Waals surface area contributed by atoms with Crippen LogP contribution in [0.2, 0.25) is 0 Å². The number of benzene rings is 1. The summed E-state index contributed by atoms with van der Waals surface area (Å²) >= 11 is 1.19. The van der Waals surface area contributed by atoms with E-state index in [1.54, 1.807) is 12.1 Å². The van der Waals surface area contributed by atoms with Gasteiger partial charge >= 0.3 is 0 Å². The second kappa shape index (κ2) is 6.45. The Morgan fingerprint density at radius 2 is 1.87 bits per heavy atom. The summed E-state index contributed by atoms with van der Waals surface area (Å²) in [5.41, 5.74) is 1.46. The third-order valence-electron chi connectivity index (χ3n) is 2.93. The van der Waals surface area contributed by atoms with E-state index in [1.807, 2.05) is 30.3 Å². The molecule has 6 nitrogen and oxygen atoms in total. The van der Waals surface area contributed by atoms with Gasteiger partial charge in [-0.3, -0.25) is 14.9 Å². The fraction of sp³-hybridized carbons (Fsp3) is 0.0625. The number of hydrogen-bond donors (Lipinski definition) is 2. The van der Waals surface area contributed by atoms with Crippen LogP contribution in [0.5, 0.6) is 0 Å². The van der Waals surface area contributed by atoms with Crippen LogP contribution in [0.4, 0.5) is 10.1 Å². The molecule has 23 heavy (non-hydrogen) atoms. The van der Waals surface area contributed by atoms with E-state index in [4.69, 9.17) is 4.42 Å². The minimum absolute atomic E-state index is 0.197. The SMILES string of the molecule is CC(=O)Nc1sc(NC(=O)c2ccco2)nc1-c1ccccc1. The van der Waals surface area contributed by atoms with Gasteiger partial charge in [0.25, 0.3) is 5.91 Å². The molecule has 1 aromatic carbocycles.